The van der Waals surface area contributed by atoms with Gasteiger partial charge in [0.25, 0.3) is 0 Å². The minimum atomic E-state index is -0.431. The number of anilines is 1. The van der Waals surface area contributed by atoms with Crippen LogP contribution >= 0.6 is 11.6 Å². The first-order chi connectivity index (χ1) is 7.65. The highest BCUT2D eigenvalue weighted by molar-refractivity contribution is 6.30. The Hall–Kier alpha value is -1.62. The topological polar surface area (TPSA) is 51.0 Å². The molecule has 0 radical (unpaired) electrons. The molecule has 0 saturated heterocycles. The van der Waals surface area contributed by atoms with Gasteiger partial charge in [-0.05, 0) is 24.6 Å². The minimum absolute atomic E-state index is 0.0982. The number of aromatic nitrogens is 2. The Bertz CT molecular complexity index is 501. The van der Waals surface area contributed by atoms with Crippen molar-refractivity contribution in [3.8, 4) is 0 Å². The molecule has 0 aliphatic heterocycles. The van der Waals surface area contributed by atoms with Crippen LogP contribution in [-0.4, -0.2) is 10.1 Å². The first kappa shape index (κ1) is 10.9. The fraction of sp³-hybridized carbons (Fsp3) is 0.200. The Balaban J connectivity index is 2.02. The zero-order valence-corrected chi connectivity index (χ0v) is 9.25. The molecule has 16 heavy (non-hydrogen) atoms. The lowest BCUT2D eigenvalue weighted by Gasteiger charge is -2.02. The van der Waals surface area contributed by atoms with Crippen molar-refractivity contribution in [2.24, 2.45) is 0 Å². The second-order valence-corrected chi connectivity index (χ2v) is 3.66. The molecule has 0 aliphatic rings. The number of aryl methyl sites for hydroxylation is 1. The molecule has 1 heterocycles. The maximum absolute atomic E-state index is 12.9. The molecule has 1 N–H and O–H groups in total. The zero-order chi connectivity index (χ0) is 11.5. The van der Waals surface area contributed by atoms with E-state index in [1.807, 2.05) is 0 Å². The standard InChI is InChI=1S/C10H9ClFN3O/c1-6-14-10(16-15-6)13-5-7-2-3-9(12)8(11)4-7/h2-4H,5H2,1H3,(H,13,14,15). The number of nitrogens with zero attached hydrogens (tertiary/aromatic N) is 2. The highest BCUT2D eigenvalue weighted by atomic mass is 35.5. The summed E-state index contributed by atoms with van der Waals surface area (Å²) in [6, 6.07) is 4.83. The highest BCUT2D eigenvalue weighted by Gasteiger charge is 2.03. The van der Waals surface area contributed by atoms with E-state index in [0.717, 1.165) is 5.56 Å². The quantitative estimate of drug-likeness (QED) is 0.898. The first-order valence-electron chi connectivity index (χ1n) is 4.63. The normalized spacial score (nSPS) is 10.4. The molecule has 0 bridgehead atoms. The molecule has 0 fully saturated rings. The van der Waals surface area contributed by atoms with Crippen LogP contribution in [0.15, 0.2) is 22.7 Å². The molecule has 0 aliphatic carbocycles. The third kappa shape index (κ3) is 2.49. The van der Waals surface area contributed by atoms with Gasteiger partial charge in [-0.2, -0.15) is 4.98 Å². The summed E-state index contributed by atoms with van der Waals surface area (Å²) >= 11 is 5.65. The van der Waals surface area contributed by atoms with Crippen molar-refractivity contribution < 1.29 is 8.91 Å². The molecule has 1 aromatic heterocycles. The second kappa shape index (κ2) is 4.49. The second-order valence-electron chi connectivity index (χ2n) is 3.25. The third-order valence-corrected chi connectivity index (χ3v) is 2.24. The molecule has 0 amide bonds. The van der Waals surface area contributed by atoms with Crippen molar-refractivity contribution in [2.75, 3.05) is 5.32 Å². The lowest BCUT2D eigenvalue weighted by molar-refractivity contribution is 0.425. The average Bonchev–Trinajstić information content (AvgIpc) is 2.66. The van der Waals surface area contributed by atoms with E-state index in [1.54, 1.807) is 19.1 Å². The zero-order valence-electron chi connectivity index (χ0n) is 8.50. The molecular formula is C10H9ClFN3O. The summed E-state index contributed by atoms with van der Waals surface area (Å²) in [6.45, 7) is 2.17. The Morgan fingerprint density at radius 3 is 2.94 bits per heavy atom. The predicted molar refractivity (Wildman–Crippen MR) is 57.8 cm³/mol. The Kier molecular flexibility index (Phi) is 3.05. The van der Waals surface area contributed by atoms with Crippen LogP contribution in [0.1, 0.15) is 11.4 Å². The summed E-state index contributed by atoms with van der Waals surface area (Å²) in [5, 5.41) is 6.63. The molecule has 84 valence electrons. The van der Waals surface area contributed by atoms with E-state index < -0.39 is 5.82 Å². The predicted octanol–water partition coefficient (Wildman–Crippen LogP) is 2.78. The lowest BCUT2D eigenvalue weighted by atomic mass is 10.2. The molecule has 0 unspecified atom stereocenters. The Morgan fingerprint density at radius 1 is 1.50 bits per heavy atom. The van der Waals surface area contributed by atoms with Crippen molar-refractivity contribution in [1.29, 1.82) is 0 Å². The number of rotatable bonds is 3. The van der Waals surface area contributed by atoms with Gasteiger partial charge in [-0.25, -0.2) is 4.39 Å². The van der Waals surface area contributed by atoms with E-state index >= 15 is 0 Å². The van der Waals surface area contributed by atoms with E-state index in [9.17, 15) is 4.39 Å². The van der Waals surface area contributed by atoms with Gasteiger partial charge in [0.15, 0.2) is 5.82 Å². The molecule has 1 aromatic carbocycles. The summed E-state index contributed by atoms with van der Waals surface area (Å²) in [5.41, 5.74) is 0.835. The Morgan fingerprint density at radius 2 is 2.31 bits per heavy atom. The van der Waals surface area contributed by atoms with Gasteiger partial charge in [-0.3, -0.25) is 0 Å². The van der Waals surface area contributed by atoms with E-state index in [2.05, 4.69) is 15.5 Å². The highest BCUT2D eigenvalue weighted by Crippen LogP contribution is 2.16. The van der Waals surface area contributed by atoms with E-state index in [0.29, 0.717) is 18.4 Å². The van der Waals surface area contributed by atoms with Crippen molar-refractivity contribution >= 4 is 17.6 Å². The van der Waals surface area contributed by atoms with Gasteiger partial charge in [0.1, 0.15) is 5.82 Å². The van der Waals surface area contributed by atoms with Crippen LogP contribution < -0.4 is 5.32 Å². The summed E-state index contributed by atoms with van der Waals surface area (Å²) in [7, 11) is 0. The van der Waals surface area contributed by atoms with Gasteiger partial charge in [0, 0.05) is 6.54 Å². The number of nitrogens with one attached hydrogen (secondary N) is 1. The molecule has 2 aromatic rings. The van der Waals surface area contributed by atoms with Gasteiger partial charge in [0.05, 0.1) is 5.02 Å². The fourth-order valence-electron chi connectivity index (χ4n) is 1.20. The molecule has 4 nitrogen and oxygen atoms in total. The van der Waals surface area contributed by atoms with Crippen molar-refractivity contribution in [1.82, 2.24) is 10.1 Å². The van der Waals surface area contributed by atoms with E-state index in [1.165, 1.54) is 6.07 Å². The van der Waals surface area contributed by atoms with Gasteiger partial charge >= 0.3 is 6.01 Å². The van der Waals surface area contributed by atoms with Crippen LogP contribution in [0.2, 0.25) is 5.02 Å². The summed E-state index contributed by atoms with van der Waals surface area (Å²) < 4.78 is 17.7. The maximum atomic E-state index is 12.9. The van der Waals surface area contributed by atoms with Crippen molar-refractivity contribution in [2.45, 2.75) is 13.5 Å². The summed E-state index contributed by atoms with van der Waals surface area (Å²) in [6.07, 6.45) is 0. The van der Waals surface area contributed by atoms with Gasteiger partial charge in [-0.1, -0.05) is 22.8 Å². The van der Waals surface area contributed by atoms with Gasteiger partial charge < -0.3 is 9.84 Å². The lowest BCUT2D eigenvalue weighted by Crippen LogP contribution is -1.99. The van der Waals surface area contributed by atoms with Crippen LogP contribution in [0.4, 0.5) is 10.4 Å². The first-order valence-corrected chi connectivity index (χ1v) is 5.01. The van der Waals surface area contributed by atoms with E-state index in [4.69, 9.17) is 16.1 Å². The fourth-order valence-corrected chi connectivity index (χ4v) is 1.40. The molecule has 6 heteroatoms. The summed E-state index contributed by atoms with van der Waals surface area (Å²) in [5.74, 6) is 0.124. The minimum Gasteiger partial charge on any atom is -0.334 e. The Labute approximate surface area is 96.4 Å². The molecule has 2 rings (SSSR count). The van der Waals surface area contributed by atoms with Crippen LogP contribution in [-0.2, 0) is 6.54 Å². The van der Waals surface area contributed by atoms with Crippen molar-refractivity contribution in [3.05, 3.63) is 40.4 Å². The number of hydrogen-bond donors (Lipinski definition) is 1. The van der Waals surface area contributed by atoms with Crippen LogP contribution in [0.5, 0.6) is 0 Å². The number of halogens is 2. The largest absolute Gasteiger partial charge is 0.334 e. The SMILES string of the molecule is Cc1noc(NCc2ccc(F)c(Cl)c2)n1. The maximum Gasteiger partial charge on any atom is 0.321 e. The van der Waals surface area contributed by atoms with E-state index in [-0.39, 0.29) is 5.02 Å². The molecule has 0 atom stereocenters. The van der Waals surface area contributed by atoms with Gasteiger partial charge in [-0.15, -0.1) is 0 Å². The van der Waals surface area contributed by atoms with Crippen LogP contribution in [0, 0.1) is 12.7 Å². The van der Waals surface area contributed by atoms with Crippen molar-refractivity contribution in [3.63, 3.8) is 0 Å². The summed E-state index contributed by atoms with van der Waals surface area (Å²) in [4.78, 5) is 3.97. The smallest absolute Gasteiger partial charge is 0.321 e. The molecule has 0 spiro atoms. The van der Waals surface area contributed by atoms with Crippen LogP contribution in [0.25, 0.3) is 0 Å². The van der Waals surface area contributed by atoms with Gasteiger partial charge in [0.2, 0.25) is 0 Å². The third-order valence-electron chi connectivity index (χ3n) is 1.96. The monoisotopic (exact) mass is 241 g/mol. The molecule has 0 saturated carbocycles. The number of benzene rings is 1. The number of hydrogen-bond acceptors (Lipinski definition) is 4. The van der Waals surface area contributed by atoms with Crippen LogP contribution in [0.3, 0.4) is 0 Å². The molecular weight excluding hydrogens is 233 g/mol. The average molecular weight is 242 g/mol.